The van der Waals surface area contributed by atoms with Crippen LogP contribution in [0.3, 0.4) is 0 Å². The zero-order chi connectivity index (χ0) is 26.6. The monoisotopic (exact) mass is 540 g/mol. The number of nitrogens with zero attached hydrogens (tertiary/aromatic N) is 1. The number of rotatable bonds is 9. The van der Waals surface area contributed by atoms with Crippen molar-refractivity contribution >= 4 is 33.0 Å². The summed E-state index contributed by atoms with van der Waals surface area (Å²) in [6, 6.07) is 12.2. The van der Waals surface area contributed by atoms with Crippen molar-refractivity contribution in [3.63, 3.8) is 0 Å². The maximum atomic E-state index is 12.9. The number of thiophene rings is 1. The molecule has 4 rings (SSSR count). The Morgan fingerprint density at radius 1 is 1.11 bits per heavy atom. The second kappa shape index (κ2) is 11.4. The highest BCUT2D eigenvalue weighted by atomic mass is 32.2. The Labute approximate surface area is 224 Å². The summed E-state index contributed by atoms with van der Waals surface area (Å²) in [5.74, 6) is 0.293. The summed E-state index contributed by atoms with van der Waals surface area (Å²) in [7, 11) is -3.20. The molecular weight excluding hydrogens is 504 g/mol. The minimum absolute atomic E-state index is 0.0286. The fourth-order valence-corrected chi connectivity index (χ4v) is 6.32. The Kier molecular flexibility index (Phi) is 8.48. The third-order valence-corrected chi connectivity index (χ3v) is 9.09. The van der Waals surface area contributed by atoms with E-state index in [2.05, 4.69) is 21.5 Å². The van der Waals surface area contributed by atoms with Crippen LogP contribution in [0.15, 0.2) is 53.4 Å². The Morgan fingerprint density at radius 2 is 1.81 bits per heavy atom. The van der Waals surface area contributed by atoms with E-state index in [0.717, 1.165) is 53.6 Å². The first-order valence-electron chi connectivity index (χ1n) is 12.8. The van der Waals surface area contributed by atoms with Gasteiger partial charge in [-0.1, -0.05) is 24.3 Å². The molecule has 0 saturated heterocycles. The van der Waals surface area contributed by atoms with Crippen LogP contribution in [0.25, 0.3) is 22.4 Å². The number of pyridine rings is 1. The summed E-state index contributed by atoms with van der Waals surface area (Å²) in [5, 5.41) is 7.14. The number of hydrogen-bond acceptors (Lipinski definition) is 6. The van der Waals surface area contributed by atoms with Crippen molar-refractivity contribution in [3.05, 3.63) is 58.9 Å². The van der Waals surface area contributed by atoms with Gasteiger partial charge in [0.25, 0.3) is 0 Å². The Hall–Kier alpha value is -2.59. The van der Waals surface area contributed by atoms with Gasteiger partial charge in [-0.25, -0.2) is 13.1 Å². The first kappa shape index (κ1) is 27.4. The quantitative estimate of drug-likeness (QED) is 0.332. The molecule has 1 fully saturated rings. The number of aromatic nitrogens is 1. The second-order valence-electron chi connectivity index (χ2n) is 10.4. The van der Waals surface area contributed by atoms with Gasteiger partial charge in [-0.15, -0.1) is 0 Å². The van der Waals surface area contributed by atoms with E-state index in [0.29, 0.717) is 12.1 Å². The number of benzene rings is 1. The summed E-state index contributed by atoms with van der Waals surface area (Å²) >= 11 is 1.62. The number of nitrogens with one attached hydrogen (secondary N) is 2. The van der Waals surface area contributed by atoms with E-state index in [9.17, 15) is 13.2 Å². The van der Waals surface area contributed by atoms with Crippen LogP contribution in [0.5, 0.6) is 0 Å². The summed E-state index contributed by atoms with van der Waals surface area (Å²) in [4.78, 5) is 17.6. The predicted molar refractivity (Wildman–Crippen MR) is 152 cm³/mol. The molecule has 1 aromatic carbocycles. The smallest absolute Gasteiger partial charge is 0.224 e. The Morgan fingerprint density at radius 3 is 2.41 bits per heavy atom. The lowest BCUT2D eigenvalue weighted by molar-refractivity contribution is -0.117. The van der Waals surface area contributed by atoms with Gasteiger partial charge in [0, 0.05) is 29.1 Å². The van der Waals surface area contributed by atoms with Gasteiger partial charge in [-0.3, -0.25) is 9.78 Å². The molecule has 0 bridgehead atoms. The fraction of sp³-hybridized carbons (Fsp3) is 0.429. The zero-order valence-corrected chi connectivity index (χ0v) is 23.3. The highest BCUT2D eigenvalue weighted by Crippen LogP contribution is 2.35. The zero-order valence-electron chi connectivity index (χ0n) is 21.7. The third-order valence-electron chi connectivity index (χ3n) is 6.95. The van der Waals surface area contributed by atoms with Crippen LogP contribution < -0.4 is 15.8 Å². The van der Waals surface area contributed by atoms with Gasteiger partial charge in [0.05, 0.1) is 23.3 Å². The number of hydrogen-bond donors (Lipinski definition) is 3. The van der Waals surface area contributed by atoms with Gasteiger partial charge in [0.1, 0.15) is 0 Å². The van der Waals surface area contributed by atoms with Crippen LogP contribution in [0.1, 0.15) is 58.4 Å². The van der Waals surface area contributed by atoms with Crippen molar-refractivity contribution < 1.29 is 13.2 Å². The molecule has 3 aromatic rings. The molecule has 1 aliphatic carbocycles. The minimum atomic E-state index is -3.20. The number of carbonyl (C=O) groups is 1. The van der Waals surface area contributed by atoms with Crippen molar-refractivity contribution in [1.29, 1.82) is 0 Å². The largest absolute Gasteiger partial charge is 0.325 e. The molecule has 1 saturated carbocycles. The standard InChI is InChI=1S/C28H36N4O3S2/c1-4-37(34,35)32-23-11-5-19(6-12-23)15-26(33)31-24-16-25(21-13-14-36-18-21)27(30-17-24)20-7-9-22(10-8-20)28(2,3)29/h7-10,13-14,16-19,23,32H,4-6,11-12,15,29H2,1-3H3,(H,31,33)/t19-,23-. The van der Waals surface area contributed by atoms with Gasteiger partial charge in [-0.2, -0.15) is 11.3 Å². The first-order chi connectivity index (χ1) is 17.5. The summed E-state index contributed by atoms with van der Waals surface area (Å²) < 4.78 is 26.4. The average molecular weight is 541 g/mol. The molecule has 0 atom stereocenters. The van der Waals surface area contributed by atoms with Crippen LogP contribution in [0, 0.1) is 5.92 Å². The van der Waals surface area contributed by atoms with Gasteiger partial charge in [0.15, 0.2) is 0 Å². The van der Waals surface area contributed by atoms with Crippen molar-refractivity contribution in [1.82, 2.24) is 9.71 Å². The highest BCUT2D eigenvalue weighted by molar-refractivity contribution is 7.89. The number of sulfonamides is 1. The lowest BCUT2D eigenvalue weighted by atomic mass is 9.84. The van der Waals surface area contributed by atoms with Gasteiger partial charge >= 0.3 is 0 Å². The fourth-order valence-electron chi connectivity index (χ4n) is 4.75. The molecule has 2 aromatic heterocycles. The van der Waals surface area contributed by atoms with Crippen molar-refractivity contribution in [3.8, 4) is 22.4 Å². The molecule has 4 N–H and O–H groups in total. The molecular formula is C28H36N4O3S2. The van der Waals surface area contributed by atoms with E-state index < -0.39 is 15.6 Å². The predicted octanol–water partition coefficient (Wildman–Crippen LogP) is 5.50. The van der Waals surface area contributed by atoms with E-state index in [4.69, 9.17) is 10.7 Å². The van der Waals surface area contributed by atoms with E-state index in [1.54, 1.807) is 24.5 Å². The molecule has 9 heteroatoms. The van der Waals surface area contributed by atoms with Crippen LogP contribution in [-0.4, -0.2) is 31.1 Å². The van der Waals surface area contributed by atoms with E-state index in [1.807, 2.05) is 49.6 Å². The van der Waals surface area contributed by atoms with Crippen LogP contribution in [-0.2, 0) is 20.4 Å². The van der Waals surface area contributed by atoms with E-state index in [1.165, 1.54) is 0 Å². The lowest BCUT2D eigenvalue weighted by Gasteiger charge is -2.28. The Balaban J connectivity index is 1.44. The molecule has 0 aliphatic heterocycles. The maximum Gasteiger partial charge on any atom is 0.224 e. The van der Waals surface area contributed by atoms with Crippen molar-refractivity contribution in [2.75, 3.05) is 11.1 Å². The molecule has 0 radical (unpaired) electrons. The number of carbonyl (C=O) groups excluding carboxylic acids is 1. The molecule has 198 valence electrons. The molecule has 0 unspecified atom stereocenters. The summed E-state index contributed by atoms with van der Waals surface area (Å²) in [5.41, 5.74) is 11.4. The number of anilines is 1. The molecule has 1 amide bonds. The molecule has 0 spiro atoms. The topological polar surface area (TPSA) is 114 Å². The summed E-state index contributed by atoms with van der Waals surface area (Å²) in [6.45, 7) is 5.60. The normalized spacial score (nSPS) is 18.5. The maximum absolute atomic E-state index is 12.9. The van der Waals surface area contributed by atoms with Crippen molar-refractivity contribution in [2.24, 2.45) is 11.7 Å². The SMILES string of the molecule is CCS(=O)(=O)N[C@H]1CC[C@H](CC(=O)Nc2cnc(-c3ccc(C(C)(C)N)cc3)c(-c3ccsc3)c2)CC1. The third kappa shape index (κ3) is 7.25. The molecule has 2 heterocycles. The lowest BCUT2D eigenvalue weighted by Crippen LogP contribution is -2.38. The number of amides is 1. The molecule has 37 heavy (non-hydrogen) atoms. The van der Waals surface area contributed by atoms with Gasteiger partial charge < -0.3 is 11.1 Å². The van der Waals surface area contributed by atoms with Crippen molar-refractivity contribution in [2.45, 2.75) is 64.5 Å². The van der Waals surface area contributed by atoms with Crippen LogP contribution in [0.2, 0.25) is 0 Å². The minimum Gasteiger partial charge on any atom is -0.325 e. The van der Waals surface area contributed by atoms with Gasteiger partial charge in [-0.05, 0) is 86.4 Å². The van der Waals surface area contributed by atoms with E-state index >= 15 is 0 Å². The number of nitrogens with two attached hydrogens (primary N) is 1. The van der Waals surface area contributed by atoms with Crippen LogP contribution >= 0.6 is 11.3 Å². The average Bonchev–Trinajstić information content (AvgIpc) is 3.40. The second-order valence-corrected chi connectivity index (χ2v) is 13.2. The first-order valence-corrected chi connectivity index (χ1v) is 15.4. The Bertz CT molecular complexity index is 1310. The molecule has 7 nitrogen and oxygen atoms in total. The highest BCUT2D eigenvalue weighted by Gasteiger charge is 2.26. The van der Waals surface area contributed by atoms with E-state index in [-0.39, 0.29) is 23.6 Å². The van der Waals surface area contributed by atoms with Gasteiger partial charge in [0.2, 0.25) is 15.9 Å². The van der Waals surface area contributed by atoms with Crippen LogP contribution in [0.4, 0.5) is 5.69 Å². The molecule has 1 aliphatic rings. The summed E-state index contributed by atoms with van der Waals surface area (Å²) in [6.07, 6.45) is 5.31.